The van der Waals surface area contributed by atoms with Crippen LogP contribution in [0, 0.1) is 44.8 Å². The summed E-state index contributed by atoms with van der Waals surface area (Å²) in [7, 11) is 0. The molecule has 0 aromatic heterocycles. The molecule has 0 fully saturated rings. The summed E-state index contributed by atoms with van der Waals surface area (Å²) < 4.78 is 0.933. The van der Waals surface area contributed by atoms with Gasteiger partial charge in [-0.1, -0.05) is 35.9 Å². The molecule has 0 spiro atoms. The minimum absolute atomic E-state index is 0.135. The molecule has 6 nitrogen and oxygen atoms in total. The molecule has 0 heterocycles. The van der Waals surface area contributed by atoms with Crippen molar-refractivity contribution in [2.45, 2.75) is 13.8 Å². The van der Waals surface area contributed by atoms with Gasteiger partial charge in [-0.05, 0) is 24.3 Å². The number of benzene rings is 1. The Hall–Kier alpha value is -3.08. The van der Waals surface area contributed by atoms with E-state index >= 15 is 0 Å². The molecular weight excluding hydrogens is 382 g/mol. The van der Waals surface area contributed by atoms with E-state index in [1.54, 1.807) is 19.9 Å². The highest BCUT2D eigenvalue weighted by Gasteiger charge is 2.53. The first-order valence-electron chi connectivity index (χ1n) is 7.25. The third-order valence-electron chi connectivity index (χ3n) is 4.05. The highest BCUT2D eigenvalue weighted by atomic mass is 79.9. The van der Waals surface area contributed by atoms with Crippen molar-refractivity contribution in [3.05, 3.63) is 51.7 Å². The summed E-state index contributed by atoms with van der Waals surface area (Å²) in [5.74, 6) is -0.544. The molecule has 0 atom stereocenters. The van der Waals surface area contributed by atoms with Crippen molar-refractivity contribution in [3.63, 3.8) is 0 Å². The normalized spacial score (nSPS) is 18.0. The smallest absolute Gasteiger partial charge is 0.209 e. The van der Waals surface area contributed by atoms with Crippen molar-refractivity contribution in [2.24, 2.45) is 15.9 Å². The Bertz CT molecular complexity index is 891. The van der Waals surface area contributed by atoms with Gasteiger partial charge in [0.15, 0.2) is 0 Å². The van der Waals surface area contributed by atoms with Crippen molar-refractivity contribution < 1.29 is 5.11 Å². The molecule has 124 valence electrons. The molecule has 0 bridgehead atoms. The second-order valence-corrected chi connectivity index (χ2v) is 6.92. The lowest BCUT2D eigenvalue weighted by Crippen LogP contribution is -2.39. The van der Waals surface area contributed by atoms with Gasteiger partial charge < -0.3 is 5.11 Å². The van der Waals surface area contributed by atoms with Gasteiger partial charge >= 0.3 is 0 Å². The highest BCUT2D eigenvalue weighted by Crippen LogP contribution is 2.49. The van der Waals surface area contributed by atoms with E-state index in [0.717, 1.165) is 10.2 Å². The zero-order chi connectivity index (χ0) is 18.7. The Balaban J connectivity index is 2.38. The largest absolute Gasteiger partial charge is 0.508 e. The quantitative estimate of drug-likeness (QED) is 0.587. The second kappa shape index (κ2) is 6.81. The summed E-state index contributed by atoms with van der Waals surface area (Å²) in [4.78, 5) is 0. The zero-order valence-electron chi connectivity index (χ0n) is 13.6. The standard InChI is InChI=1S/C18H14BrN5O/c1-17(2)7-12(9-23-24-14-5-3-13(19)4-6-14)15(8-20)16(25)18(17,10-21)11-22/h3-7,9,24-25H,1-2H3/b23-9+. The highest BCUT2D eigenvalue weighted by molar-refractivity contribution is 9.10. The number of hydrogen-bond acceptors (Lipinski definition) is 6. The number of nitriles is 3. The van der Waals surface area contributed by atoms with Crippen molar-refractivity contribution in [1.29, 1.82) is 15.8 Å². The van der Waals surface area contributed by atoms with Gasteiger partial charge in [-0.3, -0.25) is 5.43 Å². The number of nitrogens with zero attached hydrogens (tertiary/aromatic N) is 4. The third kappa shape index (κ3) is 3.13. The van der Waals surface area contributed by atoms with Crippen molar-refractivity contribution in [1.82, 2.24) is 0 Å². The van der Waals surface area contributed by atoms with E-state index in [-0.39, 0.29) is 5.57 Å². The number of aliphatic hydroxyl groups is 1. The van der Waals surface area contributed by atoms with Gasteiger partial charge in [0.05, 0.1) is 24.0 Å². The average Bonchev–Trinajstić information content (AvgIpc) is 2.57. The summed E-state index contributed by atoms with van der Waals surface area (Å²) in [6.45, 7) is 3.31. The molecule has 0 radical (unpaired) electrons. The van der Waals surface area contributed by atoms with Gasteiger partial charge in [0, 0.05) is 15.5 Å². The van der Waals surface area contributed by atoms with Crippen LogP contribution in [0.2, 0.25) is 0 Å². The van der Waals surface area contributed by atoms with E-state index in [4.69, 9.17) is 0 Å². The van der Waals surface area contributed by atoms with Gasteiger partial charge in [0.25, 0.3) is 0 Å². The lowest BCUT2D eigenvalue weighted by molar-refractivity contribution is 0.206. The second-order valence-electron chi connectivity index (χ2n) is 6.01. The van der Waals surface area contributed by atoms with Gasteiger partial charge in [0.1, 0.15) is 17.4 Å². The molecule has 0 amide bonds. The minimum Gasteiger partial charge on any atom is -0.508 e. The number of hydrogen-bond donors (Lipinski definition) is 2. The maximum absolute atomic E-state index is 10.4. The van der Waals surface area contributed by atoms with Gasteiger partial charge in [-0.2, -0.15) is 20.9 Å². The molecule has 1 aliphatic rings. The van der Waals surface area contributed by atoms with E-state index in [9.17, 15) is 20.9 Å². The third-order valence-corrected chi connectivity index (χ3v) is 4.58. The predicted octanol–water partition coefficient (Wildman–Crippen LogP) is 4.18. The fourth-order valence-corrected chi connectivity index (χ4v) is 2.80. The van der Waals surface area contributed by atoms with E-state index < -0.39 is 16.6 Å². The summed E-state index contributed by atoms with van der Waals surface area (Å²) in [5, 5.41) is 42.7. The maximum atomic E-state index is 10.4. The van der Waals surface area contributed by atoms with Crippen LogP contribution in [0.1, 0.15) is 13.8 Å². The number of nitrogens with one attached hydrogen (secondary N) is 1. The van der Waals surface area contributed by atoms with Crippen LogP contribution in [0.15, 0.2) is 56.8 Å². The average molecular weight is 396 g/mol. The molecule has 1 aliphatic carbocycles. The fourth-order valence-electron chi connectivity index (χ4n) is 2.54. The zero-order valence-corrected chi connectivity index (χ0v) is 15.2. The molecule has 0 aliphatic heterocycles. The molecule has 1 aromatic carbocycles. The van der Waals surface area contributed by atoms with Crippen molar-refractivity contribution in [3.8, 4) is 18.2 Å². The predicted molar refractivity (Wildman–Crippen MR) is 97.0 cm³/mol. The molecule has 0 unspecified atom stereocenters. The van der Waals surface area contributed by atoms with Crippen molar-refractivity contribution >= 4 is 27.8 Å². The lowest BCUT2D eigenvalue weighted by Gasteiger charge is -2.37. The van der Waals surface area contributed by atoms with Gasteiger partial charge in [0.2, 0.25) is 5.41 Å². The molecule has 7 heteroatoms. The number of allylic oxidation sites excluding steroid dienone is 4. The van der Waals surface area contributed by atoms with E-state index in [0.29, 0.717) is 5.57 Å². The van der Waals surface area contributed by atoms with Crippen LogP contribution in [0.4, 0.5) is 5.69 Å². The number of anilines is 1. The van der Waals surface area contributed by atoms with Crippen LogP contribution in [-0.4, -0.2) is 11.3 Å². The lowest BCUT2D eigenvalue weighted by atomic mass is 9.61. The molecule has 0 saturated carbocycles. The Morgan fingerprint density at radius 3 is 2.28 bits per heavy atom. The van der Waals surface area contributed by atoms with Crippen LogP contribution in [0.3, 0.4) is 0 Å². The Labute approximate surface area is 154 Å². The molecular formula is C18H14BrN5O. The Morgan fingerprint density at radius 2 is 1.76 bits per heavy atom. The van der Waals surface area contributed by atoms with Crippen molar-refractivity contribution in [2.75, 3.05) is 5.43 Å². The van der Waals surface area contributed by atoms with E-state index in [1.807, 2.05) is 42.5 Å². The maximum Gasteiger partial charge on any atom is 0.209 e. The molecule has 2 rings (SSSR count). The topological polar surface area (TPSA) is 116 Å². The number of aliphatic hydroxyl groups excluding tert-OH is 1. The Morgan fingerprint density at radius 1 is 1.16 bits per heavy atom. The number of halogens is 1. The van der Waals surface area contributed by atoms with Crippen LogP contribution in [0.25, 0.3) is 0 Å². The van der Waals surface area contributed by atoms with Crippen LogP contribution in [-0.2, 0) is 0 Å². The first-order chi connectivity index (χ1) is 11.8. The van der Waals surface area contributed by atoms with E-state index in [1.165, 1.54) is 6.21 Å². The summed E-state index contributed by atoms with van der Waals surface area (Å²) in [6.07, 6.45) is 2.99. The minimum atomic E-state index is -1.81. The van der Waals surface area contributed by atoms with Crippen LogP contribution >= 0.6 is 15.9 Å². The fraction of sp³-hybridized carbons (Fsp3) is 0.222. The van der Waals surface area contributed by atoms with Gasteiger partial charge in [-0.15, -0.1) is 0 Å². The summed E-state index contributed by atoms with van der Waals surface area (Å²) in [5.41, 5.74) is 0.957. The summed E-state index contributed by atoms with van der Waals surface area (Å²) in [6, 6.07) is 12.9. The van der Waals surface area contributed by atoms with Crippen LogP contribution < -0.4 is 5.43 Å². The molecule has 2 N–H and O–H groups in total. The van der Waals surface area contributed by atoms with E-state index in [2.05, 4.69) is 26.5 Å². The number of hydrazone groups is 1. The number of rotatable bonds is 3. The summed E-state index contributed by atoms with van der Waals surface area (Å²) >= 11 is 3.34. The Kier molecular flexibility index (Phi) is 4.97. The molecule has 1 aromatic rings. The monoisotopic (exact) mass is 395 g/mol. The van der Waals surface area contributed by atoms with Crippen LogP contribution in [0.5, 0.6) is 0 Å². The molecule has 0 saturated heterocycles. The SMILES string of the molecule is CC1(C)C=C(/C=N/Nc2ccc(Br)cc2)C(C#N)=C(O)C1(C#N)C#N. The first-order valence-corrected chi connectivity index (χ1v) is 8.05. The van der Waals surface area contributed by atoms with Gasteiger partial charge in [-0.25, -0.2) is 0 Å². The molecule has 25 heavy (non-hydrogen) atoms. The first kappa shape index (κ1) is 18.3.